The van der Waals surface area contributed by atoms with Gasteiger partial charge in [-0.05, 0) is 37.7 Å². The molecule has 0 radical (unpaired) electrons. The number of aromatic nitrogens is 4. The maximum absolute atomic E-state index is 9.02. The monoisotopic (exact) mass is 409 g/mol. The third kappa shape index (κ3) is 4.09. The number of oxime groups is 1. The SMILES string of the molecule is COCC/C(N)=N/OCc1nc2cnc3[nH]ccc3c2n1C1CCC(CC#N)CC1. The topological polar surface area (TPSA) is 127 Å². The summed E-state index contributed by atoms with van der Waals surface area (Å²) in [5.41, 5.74) is 8.62. The number of hydrogen-bond acceptors (Lipinski definition) is 6. The zero-order valence-electron chi connectivity index (χ0n) is 17.2. The number of aromatic amines is 1. The smallest absolute Gasteiger partial charge is 0.174 e. The van der Waals surface area contributed by atoms with E-state index in [9.17, 15) is 0 Å². The summed E-state index contributed by atoms with van der Waals surface area (Å²) in [6.07, 6.45) is 8.96. The summed E-state index contributed by atoms with van der Waals surface area (Å²) in [5.74, 6) is 1.69. The molecule has 0 atom stereocenters. The number of nitriles is 1. The minimum atomic E-state index is 0.229. The van der Waals surface area contributed by atoms with Crippen molar-refractivity contribution in [2.75, 3.05) is 13.7 Å². The van der Waals surface area contributed by atoms with E-state index in [-0.39, 0.29) is 6.61 Å². The summed E-state index contributed by atoms with van der Waals surface area (Å²) in [7, 11) is 1.62. The van der Waals surface area contributed by atoms with Crippen LogP contribution in [0.3, 0.4) is 0 Å². The van der Waals surface area contributed by atoms with E-state index in [0.29, 0.717) is 37.2 Å². The van der Waals surface area contributed by atoms with E-state index in [2.05, 4.69) is 25.8 Å². The molecule has 9 heteroatoms. The van der Waals surface area contributed by atoms with Gasteiger partial charge in [0.1, 0.15) is 17.0 Å². The van der Waals surface area contributed by atoms with Crippen molar-refractivity contribution in [3.63, 3.8) is 0 Å². The summed E-state index contributed by atoms with van der Waals surface area (Å²) in [4.78, 5) is 18.0. The molecule has 0 unspecified atom stereocenters. The molecule has 30 heavy (non-hydrogen) atoms. The molecule has 0 amide bonds. The lowest BCUT2D eigenvalue weighted by Gasteiger charge is -2.29. The first kappa shape index (κ1) is 20.2. The van der Waals surface area contributed by atoms with Gasteiger partial charge in [-0.2, -0.15) is 5.26 Å². The number of ether oxygens (including phenoxy) is 1. The van der Waals surface area contributed by atoms with Crippen LogP contribution in [-0.2, 0) is 16.2 Å². The summed E-state index contributed by atoms with van der Waals surface area (Å²) in [6, 6.07) is 4.66. The number of H-pyrrole nitrogens is 1. The molecule has 9 nitrogen and oxygen atoms in total. The number of methoxy groups -OCH3 is 1. The van der Waals surface area contributed by atoms with Crippen molar-refractivity contribution in [1.82, 2.24) is 19.5 Å². The van der Waals surface area contributed by atoms with Gasteiger partial charge in [0.05, 0.1) is 24.4 Å². The fraction of sp³-hybridized carbons (Fsp3) is 0.524. The predicted molar refractivity (Wildman–Crippen MR) is 114 cm³/mol. The van der Waals surface area contributed by atoms with Crippen molar-refractivity contribution in [1.29, 1.82) is 5.26 Å². The van der Waals surface area contributed by atoms with Crippen LogP contribution in [0.1, 0.15) is 50.4 Å². The van der Waals surface area contributed by atoms with Crippen molar-refractivity contribution < 1.29 is 9.57 Å². The second-order valence-electron chi connectivity index (χ2n) is 7.77. The van der Waals surface area contributed by atoms with Crippen molar-refractivity contribution >= 4 is 27.9 Å². The Hall–Kier alpha value is -3.12. The molecule has 1 aliphatic rings. The maximum Gasteiger partial charge on any atom is 0.174 e. The molecular formula is C21H27N7O2. The van der Waals surface area contributed by atoms with E-state index >= 15 is 0 Å². The maximum atomic E-state index is 9.02. The van der Waals surface area contributed by atoms with E-state index in [1.54, 1.807) is 13.3 Å². The lowest BCUT2D eigenvalue weighted by atomic mass is 9.84. The summed E-state index contributed by atoms with van der Waals surface area (Å²) in [5, 5.41) is 14.1. The highest BCUT2D eigenvalue weighted by Gasteiger charge is 2.27. The van der Waals surface area contributed by atoms with Crippen molar-refractivity contribution in [3.05, 3.63) is 24.3 Å². The van der Waals surface area contributed by atoms with Crippen LogP contribution in [0.4, 0.5) is 0 Å². The van der Waals surface area contributed by atoms with E-state index in [1.165, 1.54) is 0 Å². The Kier molecular flexibility index (Phi) is 6.14. The number of nitrogens with two attached hydrogens (primary N) is 1. The molecule has 0 bridgehead atoms. The standard InChI is InChI=1S/C21H27N7O2/c1-29-11-8-18(23)27-30-13-19-26-17-12-25-21-16(7-10-24-21)20(17)28(19)15-4-2-14(3-5-15)6-9-22/h7,10,12,14-15H,2-6,8,11,13H2,1H3,(H2,23,27)(H,24,25). The van der Waals surface area contributed by atoms with Gasteiger partial charge in [0, 0.05) is 37.6 Å². The zero-order valence-corrected chi connectivity index (χ0v) is 17.2. The summed E-state index contributed by atoms with van der Waals surface area (Å²) in [6.45, 7) is 0.729. The van der Waals surface area contributed by atoms with Crippen LogP contribution in [0.5, 0.6) is 0 Å². The highest BCUT2D eigenvalue weighted by molar-refractivity contribution is 6.01. The Morgan fingerprint density at radius 2 is 2.23 bits per heavy atom. The van der Waals surface area contributed by atoms with Crippen molar-refractivity contribution in [2.24, 2.45) is 16.8 Å². The zero-order chi connectivity index (χ0) is 20.9. The normalized spacial score (nSPS) is 19.9. The van der Waals surface area contributed by atoms with Gasteiger partial charge >= 0.3 is 0 Å². The molecule has 4 rings (SSSR count). The Labute approximate surface area is 174 Å². The number of pyridine rings is 1. The van der Waals surface area contributed by atoms with Gasteiger partial charge < -0.3 is 24.9 Å². The number of nitrogens with one attached hydrogen (secondary N) is 1. The molecule has 0 spiro atoms. The third-order valence-corrected chi connectivity index (χ3v) is 5.81. The molecule has 1 aliphatic carbocycles. The fourth-order valence-corrected chi connectivity index (χ4v) is 4.30. The number of amidine groups is 1. The van der Waals surface area contributed by atoms with Crippen LogP contribution < -0.4 is 5.73 Å². The predicted octanol–water partition coefficient (Wildman–Crippen LogP) is 3.38. The van der Waals surface area contributed by atoms with Crippen molar-refractivity contribution in [2.45, 2.75) is 51.2 Å². The van der Waals surface area contributed by atoms with Crippen molar-refractivity contribution in [3.8, 4) is 6.07 Å². The molecule has 0 aliphatic heterocycles. The molecule has 0 saturated heterocycles. The number of nitrogens with zero attached hydrogens (tertiary/aromatic N) is 5. The highest BCUT2D eigenvalue weighted by atomic mass is 16.6. The van der Waals surface area contributed by atoms with Gasteiger partial charge in [-0.1, -0.05) is 5.16 Å². The van der Waals surface area contributed by atoms with Gasteiger partial charge in [-0.15, -0.1) is 0 Å². The molecule has 1 fully saturated rings. The van der Waals surface area contributed by atoms with Crippen LogP contribution in [0, 0.1) is 17.2 Å². The first-order chi connectivity index (χ1) is 14.7. The first-order valence-corrected chi connectivity index (χ1v) is 10.3. The lowest BCUT2D eigenvalue weighted by Crippen LogP contribution is -2.20. The van der Waals surface area contributed by atoms with E-state index < -0.39 is 0 Å². The molecule has 3 aromatic rings. The van der Waals surface area contributed by atoms with Crippen LogP contribution in [-0.4, -0.2) is 39.1 Å². The minimum absolute atomic E-state index is 0.229. The van der Waals surface area contributed by atoms with E-state index in [1.807, 2.05) is 12.3 Å². The Morgan fingerprint density at radius 3 is 3.00 bits per heavy atom. The minimum Gasteiger partial charge on any atom is -0.386 e. The molecule has 3 aromatic heterocycles. The largest absolute Gasteiger partial charge is 0.386 e. The average Bonchev–Trinajstić information content (AvgIpc) is 3.37. The van der Waals surface area contributed by atoms with E-state index in [4.69, 9.17) is 25.6 Å². The molecule has 3 N–H and O–H groups in total. The third-order valence-electron chi connectivity index (χ3n) is 5.81. The second kappa shape index (κ2) is 9.13. The molecule has 158 valence electrons. The van der Waals surface area contributed by atoms with Crippen LogP contribution in [0.2, 0.25) is 0 Å². The summed E-state index contributed by atoms with van der Waals surface area (Å²) < 4.78 is 7.30. The quantitative estimate of drug-likeness (QED) is 0.333. The van der Waals surface area contributed by atoms with Gasteiger partial charge in [0.25, 0.3) is 0 Å². The van der Waals surface area contributed by atoms with Crippen LogP contribution in [0.25, 0.3) is 22.1 Å². The second-order valence-corrected chi connectivity index (χ2v) is 7.77. The number of hydrogen-bond donors (Lipinski definition) is 2. The van der Waals surface area contributed by atoms with Gasteiger partial charge in [-0.25, -0.2) is 9.97 Å². The highest BCUT2D eigenvalue weighted by Crippen LogP contribution is 2.38. The molecule has 0 aromatic carbocycles. The number of rotatable bonds is 8. The molecule has 1 saturated carbocycles. The number of fused-ring (bicyclic) bond motifs is 3. The molecule has 3 heterocycles. The Balaban J connectivity index is 1.64. The first-order valence-electron chi connectivity index (χ1n) is 10.3. The van der Waals surface area contributed by atoms with Gasteiger partial charge in [-0.3, -0.25) is 0 Å². The Morgan fingerprint density at radius 1 is 1.40 bits per heavy atom. The van der Waals surface area contributed by atoms with Gasteiger partial charge in [0.2, 0.25) is 0 Å². The van der Waals surface area contributed by atoms with E-state index in [0.717, 1.165) is 53.6 Å². The molecular weight excluding hydrogens is 382 g/mol. The Bertz CT molecular complexity index is 1070. The lowest BCUT2D eigenvalue weighted by molar-refractivity contribution is 0.117. The van der Waals surface area contributed by atoms with Crippen LogP contribution in [0.15, 0.2) is 23.6 Å². The van der Waals surface area contributed by atoms with Gasteiger partial charge in [0.15, 0.2) is 12.4 Å². The van der Waals surface area contributed by atoms with Crippen LogP contribution >= 0.6 is 0 Å². The average molecular weight is 409 g/mol. The summed E-state index contributed by atoms with van der Waals surface area (Å²) >= 11 is 0. The number of imidazole rings is 1. The fourth-order valence-electron chi connectivity index (χ4n) is 4.30.